The van der Waals surface area contributed by atoms with Gasteiger partial charge in [-0.1, -0.05) is 32.0 Å². The molecule has 0 spiro atoms. The number of rotatable bonds is 4. The van der Waals surface area contributed by atoms with Gasteiger partial charge in [-0.3, -0.25) is 4.72 Å². The Labute approximate surface area is 125 Å². The van der Waals surface area contributed by atoms with Gasteiger partial charge in [-0.15, -0.1) is 0 Å². The van der Waals surface area contributed by atoms with E-state index in [1.165, 1.54) is 24.3 Å². The van der Waals surface area contributed by atoms with Gasteiger partial charge >= 0.3 is 0 Å². The molecule has 0 atom stereocenters. The number of phenolic OH excluding ortho intramolecular Hbond substituents is 1. The molecule has 5 heteroatoms. The van der Waals surface area contributed by atoms with Crippen molar-refractivity contribution in [2.45, 2.75) is 31.6 Å². The maximum atomic E-state index is 12.4. The maximum Gasteiger partial charge on any atom is 0.261 e. The summed E-state index contributed by atoms with van der Waals surface area (Å²) in [6.45, 7) is 5.92. The first-order valence-corrected chi connectivity index (χ1v) is 8.21. The van der Waals surface area contributed by atoms with Gasteiger partial charge in [0.05, 0.1) is 10.6 Å². The molecule has 0 radical (unpaired) electrons. The monoisotopic (exact) mass is 305 g/mol. The predicted molar refractivity (Wildman–Crippen MR) is 84.2 cm³/mol. The average Bonchev–Trinajstić information content (AvgIpc) is 2.41. The van der Waals surface area contributed by atoms with E-state index in [0.717, 1.165) is 11.1 Å². The molecule has 2 rings (SSSR count). The summed E-state index contributed by atoms with van der Waals surface area (Å²) in [6.07, 6.45) is 0. The van der Waals surface area contributed by atoms with E-state index in [4.69, 9.17) is 0 Å². The maximum absolute atomic E-state index is 12.4. The molecule has 2 aromatic rings. The van der Waals surface area contributed by atoms with Crippen molar-refractivity contribution in [2.24, 2.45) is 0 Å². The zero-order chi connectivity index (χ0) is 15.6. The van der Waals surface area contributed by atoms with Gasteiger partial charge < -0.3 is 5.11 Å². The Morgan fingerprint density at radius 3 is 2.24 bits per heavy atom. The van der Waals surface area contributed by atoms with Crippen molar-refractivity contribution in [3.8, 4) is 5.75 Å². The zero-order valence-electron chi connectivity index (χ0n) is 12.3. The molecule has 0 fully saturated rings. The molecule has 2 aromatic carbocycles. The van der Waals surface area contributed by atoms with Crippen LogP contribution in [0.3, 0.4) is 0 Å². The molecule has 0 amide bonds. The van der Waals surface area contributed by atoms with E-state index in [-0.39, 0.29) is 16.6 Å². The highest BCUT2D eigenvalue weighted by molar-refractivity contribution is 7.92. The van der Waals surface area contributed by atoms with Gasteiger partial charge in [-0.25, -0.2) is 8.42 Å². The molecule has 0 aliphatic carbocycles. The summed E-state index contributed by atoms with van der Waals surface area (Å²) in [6, 6.07) is 11.2. The van der Waals surface area contributed by atoms with E-state index < -0.39 is 10.0 Å². The van der Waals surface area contributed by atoms with Crippen LogP contribution in [0.5, 0.6) is 5.75 Å². The van der Waals surface area contributed by atoms with Crippen molar-refractivity contribution in [1.29, 1.82) is 0 Å². The van der Waals surface area contributed by atoms with Gasteiger partial charge in [-0.05, 0) is 48.2 Å². The van der Waals surface area contributed by atoms with Gasteiger partial charge in [0.2, 0.25) is 0 Å². The van der Waals surface area contributed by atoms with Crippen LogP contribution in [0.15, 0.2) is 47.4 Å². The van der Waals surface area contributed by atoms with Crippen molar-refractivity contribution in [3.05, 3.63) is 53.6 Å². The lowest BCUT2D eigenvalue weighted by Crippen LogP contribution is -2.15. The third-order valence-corrected chi connectivity index (χ3v) is 4.68. The molecular formula is C16H19NO3S. The molecule has 21 heavy (non-hydrogen) atoms. The largest absolute Gasteiger partial charge is 0.508 e. The summed E-state index contributed by atoms with van der Waals surface area (Å²) in [7, 11) is -3.67. The van der Waals surface area contributed by atoms with E-state index >= 15 is 0 Å². The van der Waals surface area contributed by atoms with Gasteiger partial charge in [0.1, 0.15) is 5.75 Å². The Morgan fingerprint density at radius 2 is 1.67 bits per heavy atom. The Balaban J connectivity index is 2.44. The molecule has 0 bridgehead atoms. The average molecular weight is 305 g/mol. The first kappa shape index (κ1) is 15.4. The minimum absolute atomic E-state index is 0.0349. The van der Waals surface area contributed by atoms with Crippen LogP contribution in [0.1, 0.15) is 30.9 Å². The molecule has 0 unspecified atom stereocenters. The predicted octanol–water partition coefficient (Wildman–Crippen LogP) is 3.62. The number of anilines is 1. The third kappa shape index (κ3) is 3.36. The van der Waals surface area contributed by atoms with E-state index in [9.17, 15) is 13.5 Å². The van der Waals surface area contributed by atoms with Crippen LogP contribution in [0.4, 0.5) is 5.69 Å². The van der Waals surface area contributed by atoms with Crippen molar-refractivity contribution in [1.82, 2.24) is 0 Å². The smallest absolute Gasteiger partial charge is 0.261 e. The first-order chi connectivity index (χ1) is 9.81. The van der Waals surface area contributed by atoms with Crippen LogP contribution in [-0.2, 0) is 10.0 Å². The van der Waals surface area contributed by atoms with E-state index in [1.54, 1.807) is 0 Å². The fourth-order valence-corrected chi connectivity index (χ4v) is 3.29. The van der Waals surface area contributed by atoms with Crippen molar-refractivity contribution in [2.75, 3.05) is 4.72 Å². The Hall–Kier alpha value is -2.01. The molecular weight excluding hydrogens is 286 g/mol. The topological polar surface area (TPSA) is 66.4 Å². The molecule has 2 N–H and O–H groups in total. The van der Waals surface area contributed by atoms with Crippen LogP contribution in [0.2, 0.25) is 0 Å². The number of benzene rings is 2. The van der Waals surface area contributed by atoms with Gasteiger partial charge in [0, 0.05) is 0 Å². The van der Waals surface area contributed by atoms with Crippen molar-refractivity contribution < 1.29 is 13.5 Å². The van der Waals surface area contributed by atoms with Crippen LogP contribution in [-0.4, -0.2) is 13.5 Å². The summed E-state index contributed by atoms with van der Waals surface area (Å²) < 4.78 is 27.6. The molecule has 0 saturated carbocycles. The van der Waals surface area contributed by atoms with E-state index in [1.807, 2.05) is 39.0 Å². The second-order valence-electron chi connectivity index (χ2n) is 5.29. The number of hydrogen-bond donors (Lipinski definition) is 2. The summed E-state index contributed by atoms with van der Waals surface area (Å²) >= 11 is 0. The molecule has 4 nitrogen and oxygen atoms in total. The summed E-state index contributed by atoms with van der Waals surface area (Å²) in [5.41, 5.74) is 2.46. The molecule has 0 aromatic heterocycles. The summed E-state index contributed by atoms with van der Waals surface area (Å²) in [5, 5.41) is 9.26. The number of hydrogen-bond acceptors (Lipinski definition) is 3. The number of aryl methyl sites for hydroxylation is 1. The second kappa shape index (κ2) is 5.77. The van der Waals surface area contributed by atoms with Crippen molar-refractivity contribution >= 4 is 15.7 Å². The quantitative estimate of drug-likeness (QED) is 0.906. The SMILES string of the molecule is Cc1cccc(C(C)C)c1NS(=O)(=O)c1ccc(O)cc1. The second-order valence-corrected chi connectivity index (χ2v) is 6.98. The lowest BCUT2D eigenvalue weighted by molar-refractivity contribution is 0.475. The lowest BCUT2D eigenvalue weighted by atomic mass is 9.99. The summed E-state index contributed by atoms with van der Waals surface area (Å²) in [5.74, 6) is 0.245. The highest BCUT2D eigenvalue weighted by Gasteiger charge is 2.18. The van der Waals surface area contributed by atoms with Crippen molar-refractivity contribution in [3.63, 3.8) is 0 Å². The number of sulfonamides is 1. The van der Waals surface area contributed by atoms with Crippen LogP contribution < -0.4 is 4.72 Å². The summed E-state index contributed by atoms with van der Waals surface area (Å²) in [4.78, 5) is 0.123. The normalized spacial score (nSPS) is 11.6. The fraction of sp³-hybridized carbons (Fsp3) is 0.250. The number of aromatic hydroxyl groups is 1. The molecule has 0 aliphatic heterocycles. The first-order valence-electron chi connectivity index (χ1n) is 6.72. The van der Waals surface area contributed by atoms with Gasteiger partial charge in [-0.2, -0.15) is 0 Å². The minimum Gasteiger partial charge on any atom is -0.508 e. The van der Waals surface area contributed by atoms with E-state index in [0.29, 0.717) is 5.69 Å². The Kier molecular flexibility index (Phi) is 4.23. The minimum atomic E-state index is -3.67. The molecule has 0 aliphatic rings. The van der Waals surface area contributed by atoms with E-state index in [2.05, 4.69) is 4.72 Å². The van der Waals surface area contributed by atoms with Gasteiger partial charge in [0.25, 0.3) is 10.0 Å². The fourth-order valence-electron chi connectivity index (χ4n) is 2.13. The highest BCUT2D eigenvalue weighted by Crippen LogP contribution is 2.29. The Bertz CT molecular complexity index is 735. The molecule has 112 valence electrons. The lowest BCUT2D eigenvalue weighted by Gasteiger charge is -2.17. The number of phenols is 1. The number of nitrogens with one attached hydrogen (secondary N) is 1. The Morgan fingerprint density at radius 1 is 1.05 bits per heavy atom. The van der Waals surface area contributed by atoms with Crippen LogP contribution >= 0.6 is 0 Å². The van der Waals surface area contributed by atoms with Gasteiger partial charge in [0.15, 0.2) is 0 Å². The molecule has 0 saturated heterocycles. The van der Waals surface area contributed by atoms with Crippen LogP contribution in [0, 0.1) is 6.92 Å². The third-order valence-electron chi connectivity index (χ3n) is 3.31. The number of para-hydroxylation sites is 1. The molecule has 0 heterocycles. The van der Waals surface area contributed by atoms with Crippen LogP contribution in [0.25, 0.3) is 0 Å². The standard InChI is InChI=1S/C16H19NO3S/c1-11(2)15-6-4-5-12(3)16(15)17-21(19,20)14-9-7-13(18)8-10-14/h4-11,17-18H,1-3H3. The highest BCUT2D eigenvalue weighted by atomic mass is 32.2. The zero-order valence-corrected chi connectivity index (χ0v) is 13.1.